The number of ether oxygens (including phenoxy) is 1. The summed E-state index contributed by atoms with van der Waals surface area (Å²) in [4.78, 5) is 0. The van der Waals surface area contributed by atoms with Crippen LogP contribution in [0.2, 0.25) is 0 Å². The summed E-state index contributed by atoms with van der Waals surface area (Å²) in [5.74, 6) is 0.615. The molecule has 2 rings (SSSR count). The second kappa shape index (κ2) is 20.6. The number of benzene rings is 2. The SMILES string of the molecule is CCCCCCCCCCCCCCCCCCOc1ccc(I(Cc2ccccc2)OS(=O)(=O)C(F)(F)F)cc1. The van der Waals surface area contributed by atoms with Crippen LogP contribution >= 0.6 is 20.2 Å². The summed E-state index contributed by atoms with van der Waals surface area (Å²) in [6.45, 7) is 2.83. The van der Waals surface area contributed by atoms with Crippen LogP contribution in [-0.4, -0.2) is 20.5 Å². The van der Waals surface area contributed by atoms with Crippen molar-refractivity contribution < 1.29 is 28.8 Å². The van der Waals surface area contributed by atoms with E-state index in [1.165, 1.54) is 89.9 Å². The Morgan fingerprint density at radius 3 is 1.59 bits per heavy atom. The molecule has 9 heteroatoms. The van der Waals surface area contributed by atoms with Gasteiger partial charge in [-0.05, 0) is 0 Å². The molecule has 2 aromatic carbocycles. The maximum atomic E-state index is 13.0. The fourth-order valence-corrected chi connectivity index (χ4v) is 11.1. The van der Waals surface area contributed by atoms with E-state index in [9.17, 15) is 21.6 Å². The molecule has 0 spiro atoms. The predicted molar refractivity (Wildman–Crippen MR) is 170 cm³/mol. The van der Waals surface area contributed by atoms with Gasteiger partial charge in [0.2, 0.25) is 0 Å². The number of halogens is 4. The van der Waals surface area contributed by atoms with Crippen molar-refractivity contribution in [1.82, 2.24) is 0 Å². The molecule has 0 heterocycles. The van der Waals surface area contributed by atoms with E-state index >= 15 is 0 Å². The summed E-state index contributed by atoms with van der Waals surface area (Å²) >= 11 is -3.21. The molecule has 0 radical (unpaired) electrons. The van der Waals surface area contributed by atoms with Crippen molar-refractivity contribution in [3.63, 3.8) is 0 Å². The van der Waals surface area contributed by atoms with Gasteiger partial charge in [-0.2, -0.15) is 0 Å². The van der Waals surface area contributed by atoms with E-state index in [0.717, 1.165) is 18.4 Å². The minimum absolute atomic E-state index is 0.138. The quantitative estimate of drug-likeness (QED) is 0.0498. The number of unbranched alkanes of at least 4 members (excludes halogenated alkanes) is 15. The monoisotopic (exact) mass is 712 g/mol. The molecule has 0 fully saturated rings. The van der Waals surface area contributed by atoms with Crippen LogP contribution in [-0.2, 0) is 17.1 Å². The Morgan fingerprint density at radius 2 is 1.12 bits per heavy atom. The molecule has 0 aliphatic rings. The van der Waals surface area contributed by atoms with Crippen molar-refractivity contribution in [2.45, 2.75) is 120 Å². The van der Waals surface area contributed by atoms with Gasteiger partial charge in [0.25, 0.3) is 0 Å². The Balaban J connectivity index is 1.62. The van der Waals surface area contributed by atoms with Crippen molar-refractivity contribution in [1.29, 1.82) is 0 Å². The maximum absolute atomic E-state index is 13.0. The zero-order valence-corrected chi connectivity index (χ0v) is 27.5. The van der Waals surface area contributed by atoms with Gasteiger partial charge in [-0.15, -0.1) is 0 Å². The molecule has 0 saturated carbocycles. The third kappa shape index (κ3) is 15.6. The Bertz CT molecular complexity index is 1030. The first-order valence-electron chi connectivity index (χ1n) is 15.2. The number of rotatable bonds is 23. The summed E-state index contributed by atoms with van der Waals surface area (Å²) in [6, 6.07) is 15.4. The summed E-state index contributed by atoms with van der Waals surface area (Å²) in [5.41, 5.74) is -4.71. The average molecular weight is 713 g/mol. The third-order valence-corrected chi connectivity index (χ3v) is 14.2. The molecule has 2 aromatic rings. The van der Waals surface area contributed by atoms with Crippen LogP contribution < -0.4 is 4.74 Å². The molecule has 0 amide bonds. The van der Waals surface area contributed by atoms with Crippen LogP contribution in [0, 0.1) is 3.57 Å². The van der Waals surface area contributed by atoms with Crippen LogP contribution in [0.5, 0.6) is 5.75 Å². The first kappa shape index (κ1) is 35.9. The first-order chi connectivity index (χ1) is 19.7. The topological polar surface area (TPSA) is 52.6 Å². The number of alkyl halides is 4. The van der Waals surface area contributed by atoms with Crippen molar-refractivity contribution in [2.75, 3.05) is 6.61 Å². The first-order valence-corrected chi connectivity index (χ1v) is 20.1. The Hall–Kier alpha value is -1.33. The third-order valence-electron chi connectivity index (χ3n) is 6.88. The standard InChI is InChI=1S/C32H48F3IO4S/c1-2-3-4-5-6-7-8-9-10-11-12-13-14-15-16-20-27-39-31-25-23-30(24-26-31)36(28-29-21-18-17-19-22-29)40-41(37,38)32(33,34)35/h17-19,21-26H,2-16,20,27-28H2,1H3. The van der Waals surface area contributed by atoms with Gasteiger partial charge in [0.1, 0.15) is 0 Å². The zero-order valence-electron chi connectivity index (χ0n) is 24.5. The van der Waals surface area contributed by atoms with Gasteiger partial charge < -0.3 is 0 Å². The van der Waals surface area contributed by atoms with Crippen LogP contribution in [0.25, 0.3) is 0 Å². The molecule has 0 saturated heterocycles. The van der Waals surface area contributed by atoms with Crippen molar-refractivity contribution in [3.8, 4) is 5.75 Å². The number of hydrogen-bond acceptors (Lipinski definition) is 4. The molecular formula is C32H48F3IO4S. The van der Waals surface area contributed by atoms with E-state index in [1.807, 2.05) is 0 Å². The fraction of sp³-hybridized carbons (Fsp3) is 0.625. The number of hydrogen-bond donors (Lipinski definition) is 0. The molecule has 234 valence electrons. The Morgan fingerprint density at radius 1 is 0.659 bits per heavy atom. The minimum atomic E-state index is -5.68. The average Bonchev–Trinajstić information content (AvgIpc) is 2.94. The van der Waals surface area contributed by atoms with Crippen molar-refractivity contribution in [3.05, 3.63) is 63.7 Å². The van der Waals surface area contributed by atoms with Crippen LogP contribution in [0.1, 0.15) is 115 Å². The van der Waals surface area contributed by atoms with E-state index in [1.54, 1.807) is 54.6 Å². The van der Waals surface area contributed by atoms with E-state index in [4.69, 9.17) is 7.25 Å². The molecule has 41 heavy (non-hydrogen) atoms. The van der Waals surface area contributed by atoms with Gasteiger partial charge in [0.15, 0.2) is 0 Å². The van der Waals surface area contributed by atoms with Crippen LogP contribution in [0.15, 0.2) is 54.6 Å². The van der Waals surface area contributed by atoms with Crippen LogP contribution in [0.3, 0.4) is 0 Å². The van der Waals surface area contributed by atoms with E-state index < -0.39 is 35.9 Å². The summed E-state index contributed by atoms with van der Waals surface area (Å²) < 4.78 is 73.7. The van der Waals surface area contributed by atoms with Gasteiger partial charge in [-0.25, -0.2) is 0 Å². The Kier molecular flexibility index (Phi) is 18.0. The fourth-order valence-electron chi connectivity index (χ4n) is 4.49. The van der Waals surface area contributed by atoms with E-state index in [-0.39, 0.29) is 4.43 Å². The summed E-state index contributed by atoms with van der Waals surface area (Å²) in [6.07, 6.45) is 20.9. The van der Waals surface area contributed by atoms with E-state index in [2.05, 4.69) is 6.92 Å². The van der Waals surface area contributed by atoms with Gasteiger partial charge >= 0.3 is 184 Å². The van der Waals surface area contributed by atoms with Gasteiger partial charge in [0, 0.05) is 0 Å². The second-order valence-electron chi connectivity index (χ2n) is 10.5. The van der Waals surface area contributed by atoms with Gasteiger partial charge in [-0.1, -0.05) is 71.1 Å². The molecule has 0 aromatic heterocycles. The van der Waals surface area contributed by atoms with Gasteiger partial charge in [0.05, 0.1) is 0 Å². The molecular weight excluding hydrogens is 664 g/mol. The van der Waals surface area contributed by atoms with Gasteiger partial charge in [-0.3, -0.25) is 0 Å². The van der Waals surface area contributed by atoms with E-state index in [0.29, 0.717) is 15.9 Å². The zero-order chi connectivity index (χ0) is 29.8. The molecule has 0 atom stereocenters. The molecule has 0 N–H and O–H groups in total. The van der Waals surface area contributed by atoms with Crippen molar-refractivity contribution >= 4 is 30.4 Å². The molecule has 0 bridgehead atoms. The summed E-state index contributed by atoms with van der Waals surface area (Å²) in [7, 11) is -5.68. The molecule has 0 aliphatic carbocycles. The van der Waals surface area contributed by atoms with Crippen molar-refractivity contribution in [2.24, 2.45) is 0 Å². The van der Waals surface area contributed by atoms with Crippen LogP contribution in [0.4, 0.5) is 13.2 Å². The molecule has 0 unspecified atom stereocenters. The predicted octanol–water partition coefficient (Wildman–Crippen LogP) is 11.0. The normalized spacial score (nSPS) is 12.4. The second-order valence-corrected chi connectivity index (χ2v) is 16.9. The molecule has 4 nitrogen and oxygen atoms in total. The molecule has 0 aliphatic heterocycles. The summed E-state index contributed by atoms with van der Waals surface area (Å²) in [5, 5.41) is 0. The Labute approximate surface area is 253 Å².